The second-order valence-corrected chi connectivity index (χ2v) is 6.36. The van der Waals surface area contributed by atoms with E-state index in [1.54, 1.807) is 6.08 Å². The van der Waals surface area contributed by atoms with Gasteiger partial charge in [0.2, 0.25) is 0 Å². The van der Waals surface area contributed by atoms with Gasteiger partial charge in [0.15, 0.2) is 5.76 Å². The number of likely N-dealkylation sites (N-methyl/N-ethyl adjacent to an activating group) is 1. The van der Waals surface area contributed by atoms with Gasteiger partial charge in [0.05, 0.1) is 11.1 Å². The summed E-state index contributed by atoms with van der Waals surface area (Å²) in [6.45, 7) is 4.63. The minimum absolute atomic E-state index is 0.601. The second kappa shape index (κ2) is 7.63. The van der Waals surface area contributed by atoms with Crippen molar-refractivity contribution < 1.29 is 4.52 Å². The number of benzene rings is 1. The van der Waals surface area contributed by atoms with E-state index >= 15 is 0 Å². The summed E-state index contributed by atoms with van der Waals surface area (Å²) in [7, 11) is 2.12. The van der Waals surface area contributed by atoms with Crippen LogP contribution in [0.2, 0.25) is 5.02 Å². The molecule has 1 saturated heterocycles. The van der Waals surface area contributed by atoms with Crippen molar-refractivity contribution in [2.24, 2.45) is 0 Å². The summed E-state index contributed by atoms with van der Waals surface area (Å²) < 4.78 is 5.37. The lowest BCUT2D eigenvalue weighted by molar-refractivity contribution is 0.165. The summed E-state index contributed by atoms with van der Waals surface area (Å²) in [5, 5.41) is 14.1. The van der Waals surface area contributed by atoms with E-state index in [9.17, 15) is 5.26 Å². The maximum Gasteiger partial charge on any atom is 0.168 e. The molecular formula is C18H19ClN4O. The number of aromatic nitrogens is 1. The molecule has 0 N–H and O–H groups in total. The highest BCUT2D eigenvalue weighted by Crippen LogP contribution is 2.28. The van der Waals surface area contributed by atoms with Gasteiger partial charge in [0, 0.05) is 49.9 Å². The Morgan fingerprint density at radius 1 is 1.33 bits per heavy atom. The third kappa shape index (κ3) is 4.04. The molecule has 1 aromatic carbocycles. The molecule has 1 aromatic heterocycles. The van der Waals surface area contributed by atoms with Crippen LogP contribution in [0.5, 0.6) is 0 Å². The van der Waals surface area contributed by atoms with Crippen LogP contribution in [0, 0.1) is 11.3 Å². The Labute approximate surface area is 146 Å². The highest BCUT2D eigenvalue weighted by molar-refractivity contribution is 6.33. The molecule has 1 aliphatic rings. The first-order valence-electron chi connectivity index (χ1n) is 7.89. The van der Waals surface area contributed by atoms with E-state index in [0.717, 1.165) is 31.7 Å². The number of hydrogen-bond acceptors (Lipinski definition) is 5. The average Bonchev–Trinajstić information content (AvgIpc) is 3.05. The molecule has 0 saturated carbocycles. The van der Waals surface area contributed by atoms with E-state index in [1.165, 1.54) is 0 Å². The van der Waals surface area contributed by atoms with Gasteiger partial charge in [-0.1, -0.05) is 28.9 Å². The lowest BCUT2D eigenvalue weighted by Gasteiger charge is -2.32. The maximum atomic E-state index is 9.40. The van der Waals surface area contributed by atoms with Crippen LogP contribution >= 0.6 is 11.6 Å². The summed E-state index contributed by atoms with van der Waals surface area (Å²) in [6, 6.07) is 11.5. The normalized spacial score (nSPS) is 17.0. The van der Waals surface area contributed by atoms with Crippen LogP contribution in [0.3, 0.4) is 0 Å². The topological polar surface area (TPSA) is 56.3 Å². The molecule has 6 heteroatoms. The molecule has 0 bridgehead atoms. The van der Waals surface area contributed by atoms with Crippen molar-refractivity contribution in [2.45, 2.75) is 0 Å². The summed E-state index contributed by atoms with van der Waals surface area (Å²) >= 11 is 6.18. The molecule has 5 nitrogen and oxygen atoms in total. The van der Waals surface area contributed by atoms with Crippen LogP contribution in [-0.2, 0) is 0 Å². The monoisotopic (exact) mass is 342 g/mol. The van der Waals surface area contributed by atoms with Gasteiger partial charge in [-0.2, -0.15) is 5.26 Å². The predicted molar refractivity (Wildman–Crippen MR) is 94.5 cm³/mol. The van der Waals surface area contributed by atoms with Crippen LogP contribution in [-0.4, -0.2) is 54.7 Å². The standard InChI is InChI=1S/C18H19ClN4O/c1-22-6-8-23(9-7-22)13-14(12-20)10-15-11-18(24-21-15)16-4-2-3-5-17(16)19/h2-5,10-11H,6-9,13H2,1H3/b14-10+. The third-order valence-corrected chi connectivity index (χ3v) is 4.45. The highest BCUT2D eigenvalue weighted by Gasteiger charge is 2.15. The van der Waals surface area contributed by atoms with Crippen molar-refractivity contribution in [3.63, 3.8) is 0 Å². The first-order valence-corrected chi connectivity index (χ1v) is 8.26. The van der Waals surface area contributed by atoms with Crippen molar-refractivity contribution in [3.05, 3.63) is 46.6 Å². The van der Waals surface area contributed by atoms with Crippen LogP contribution in [0.4, 0.5) is 0 Å². The zero-order valence-corrected chi connectivity index (χ0v) is 14.3. The van der Waals surface area contributed by atoms with Crippen molar-refractivity contribution >= 4 is 17.7 Å². The minimum atomic E-state index is 0.601. The van der Waals surface area contributed by atoms with Gasteiger partial charge in [-0.15, -0.1) is 0 Å². The van der Waals surface area contributed by atoms with Crippen LogP contribution < -0.4 is 0 Å². The van der Waals surface area contributed by atoms with E-state index in [-0.39, 0.29) is 0 Å². The Balaban J connectivity index is 1.73. The Morgan fingerprint density at radius 3 is 2.79 bits per heavy atom. The largest absolute Gasteiger partial charge is 0.356 e. The van der Waals surface area contributed by atoms with Gasteiger partial charge in [-0.05, 0) is 25.3 Å². The average molecular weight is 343 g/mol. The molecular weight excluding hydrogens is 324 g/mol. The molecule has 0 amide bonds. The van der Waals surface area contributed by atoms with Gasteiger partial charge in [-0.25, -0.2) is 0 Å². The van der Waals surface area contributed by atoms with Crippen molar-refractivity contribution in [3.8, 4) is 17.4 Å². The van der Waals surface area contributed by atoms with E-state index in [4.69, 9.17) is 16.1 Å². The number of nitrogens with zero attached hydrogens (tertiary/aromatic N) is 4. The van der Waals surface area contributed by atoms with Crippen LogP contribution in [0.15, 0.2) is 40.4 Å². The lowest BCUT2D eigenvalue weighted by atomic mass is 10.1. The number of piperazine rings is 1. The summed E-state index contributed by atoms with van der Waals surface area (Å²) in [4.78, 5) is 4.57. The first kappa shape index (κ1) is 16.7. The van der Waals surface area contributed by atoms with Gasteiger partial charge in [-0.3, -0.25) is 4.90 Å². The van der Waals surface area contributed by atoms with Gasteiger partial charge < -0.3 is 9.42 Å². The molecule has 0 atom stereocenters. The molecule has 24 heavy (non-hydrogen) atoms. The number of halogens is 1. The van der Waals surface area contributed by atoms with E-state index in [1.807, 2.05) is 30.3 Å². The van der Waals surface area contributed by atoms with Gasteiger partial charge in [0.1, 0.15) is 5.69 Å². The van der Waals surface area contributed by atoms with Crippen LogP contribution in [0.1, 0.15) is 5.69 Å². The molecule has 0 aliphatic carbocycles. The van der Waals surface area contributed by atoms with Gasteiger partial charge in [0.25, 0.3) is 0 Å². The zero-order valence-electron chi connectivity index (χ0n) is 13.6. The molecule has 2 aromatic rings. The third-order valence-electron chi connectivity index (χ3n) is 4.12. The fraction of sp³-hybridized carbons (Fsp3) is 0.333. The molecule has 1 fully saturated rings. The lowest BCUT2D eigenvalue weighted by Crippen LogP contribution is -2.44. The molecule has 0 radical (unpaired) electrons. The summed E-state index contributed by atoms with van der Waals surface area (Å²) in [6.07, 6.45) is 1.78. The SMILES string of the molecule is CN1CCN(C/C(C#N)=C/c2cc(-c3ccccc3Cl)on2)CC1. The van der Waals surface area contributed by atoms with E-state index in [2.05, 4.69) is 28.1 Å². The Bertz CT molecular complexity index is 769. The van der Waals surface area contributed by atoms with Crippen molar-refractivity contribution in [1.82, 2.24) is 15.0 Å². The molecule has 0 unspecified atom stereocenters. The van der Waals surface area contributed by atoms with E-state index < -0.39 is 0 Å². The molecule has 124 valence electrons. The highest BCUT2D eigenvalue weighted by atomic mass is 35.5. The quantitative estimate of drug-likeness (QED) is 0.799. The Hall–Kier alpha value is -2.13. The summed E-state index contributed by atoms with van der Waals surface area (Å²) in [5.41, 5.74) is 2.11. The molecule has 0 spiro atoms. The Kier molecular flexibility index (Phi) is 5.31. The van der Waals surface area contributed by atoms with Crippen molar-refractivity contribution in [1.29, 1.82) is 5.26 Å². The minimum Gasteiger partial charge on any atom is -0.356 e. The molecule has 1 aliphatic heterocycles. The number of rotatable bonds is 4. The first-order chi connectivity index (χ1) is 11.7. The van der Waals surface area contributed by atoms with Crippen molar-refractivity contribution in [2.75, 3.05) is 39.8 Å². The predicted octanol–water partition coefficient (Wildman–Crippen LogP) is 3.15. The number of hydrogen-bond donors (Lipinski definition) is 0. The smallest absolute Gasteiger partial charge is 0.168 e. The molecule has 3 rings (SSSR count). The van der Waals surface area contributed by atoms with E-state index in [0.29, 0.717) is 28.6 Å². The maximum absolute atomic E-state index is 9.40. The summed E-state index contributed by atoms with van der Waals surface area (Å²) in [5.74, 6) is 0.601. The fourth-order valence-electron chi connectivity index (χ4n) is 2.68. The fourth-order valence-corrected chi connectivity index (χ4v) is 2.91. The van der Waals surface area contributed by atoms with Crippen LogP contribution in [0.25, 0.3) is 17.4 Å². The second-order valence-electron chi connectivity index (χ2n) is 5.96. The Morgan fingerprint density at radius 2 is 2.08 bits per heavy atom. The number of nitriles is 1. The molecule has 2 heterocycles. The zero-order chi connectivity index (χ0) is 16.9. The van der Waals surface area contributed by atoms with Gasteiger partial charge >= 0.3 is 0 Å².